The van der Waals surface area contributed by atoms with Gasteiger partial charge in [-0.25, -0.2) is 0 Å². The third-order valence-electron chi connectivity index (χ3n) is 5.03. The number of hydrogen-bond donors (Lipinski definition) is 3. The van der Waals surface area contributed by atoms with Crippen LogP contribution in [0.4, 0.5) is 0 Å². The number of benzene rings is 1. The lowest BCUT2D eigenvalue weighted by atomic mass is 9.85. The van der Waals surface area contributed by atoms with Crippen LogP contribution in [0.15, 0.2) is 35.3 Å². The van der Waals surface area contributed by atoms with E-state index in [2.05, 4.69) is 4.98 Å². The Bertz CT molecular complexity index is 852. The molecule has 26 heavy (non-hydrogen) atoms. The Morgan fingerprint density at radius 3 is 2.65 bits per heavy atom. The molecule has 0 saturated carbocycles. The van der Waals surface area contributed by atoms with Gasteiger partial charge in [0.15, 0.2) is 0 Å². The molecule has 0 radical (unpaired) electrons. The zero-order chi connectivity index (χ0) is 18.8. The third kappa shape index (κ3) is 3.76. The van der Waals surface area contributed by atoms with E-state index in [-0.39, 0.29) is 29.2 Å². The summed E-state index contributed by atoms with van der Waals surface area (Å²) in [4.78, 5) is 27.9. The Kier molecular flexibility index (Phi) is 5.34. The van der Waals surface area contributed by atoms with Crippen LogP contribution in [0, 0.1) is 12.8 Å². The molecule has 2 aromatic rings. The van der Waals surface area contributed by atoms with E-state index in [9.17, 15) is 14.7 Å². The molecule has 1 aliphatic rings. The van der Waals surface area contributed by atoms with Gasteiger partial charge < -0.3 is 20.7 Å². The van der Waals surface area contributed by atoms with Gasteiger partial charge in [0.2, 0.25) is 5.56 Å². The second-order valence-electron chi connectivity index (χ2n) is 6.76. The summed E-state index contributed by atoms with van der Waals surface area (Å²) in [6.07, 6.45) is 2.91. The van der Waals surface area contributed by atoms with Crippen LogP contribution in [-0.4, -0.2) is 34.0 Å². The predicted octanol–water partition coefficient (Wildman–Crippen LogP) is 2.59. The highest BCUT2D eigenvalue weighted by molar-refractivity contribution is 6.31. The number of phenols is 1. The molecule has 1 saturated heterocycles. The van der Waals surface area contributed by atoms with Crippen molar-refractivity contribution >= 4 is 17.5 Å². The number of carbonyl (C=O) groups is 1. The highest BCUT2D eigenvalue weighted by Crippen LogP contribution is 2.36. The lowest BCUT2D eigenvalue weighted by molar-refractivity contribution is 0.0677. The van der Waals surface area contributed by atoms with Gasteiger partial charge in [-0.2, -0.15) is 0 Å². The first-order chi connectivity index (χ1) is 12.4. The average molecular weight is 376 g/mol. The van der Waals surface area contributed by atoms with E-state index in [1.807, 2.05) is 6.92 Å². The molecule has 3 rings (SSSR count). The first-order valence-corrected chi connectivity index (χ1v) is 8.97. The molecule has 1 atom stereocenters. The molecule has 0 spiro atoms. The minimum atomic E-state index is -0.335. The van der Waals surface area contributed by atoms with Gasteiger partial charge >= 0.3 is 0 Å². The van der Waals surface area contributed by atoms with E-state index in [0.717, 1.165) is 18.4 Å². The maximum atomic E-state index is 12.5. The average Bonchev–Trinajstić information content (AvgIpc) is 2.64. The van der Waals surface area contributed by atoms with Gasteiger partial charge in [0.05, 0.1) is 5.56 Å². The van der Waals surface area contributed by atoms with Gasteiger partial charge in [-0.1, -0.05) is 11.6 Å². The van der Waals surface area contributed by atoms with Crippen molar-refractivity contribution in [1.29, 1.82) is 0 Å². The number of rotatable bonds is 3. The molecule has 7 heteroatoms. The highest BCUT2D eigenvalue weighted by Gasteiger charge is 2.29. The number of piperidine rings is 1. The number of amides is 1. The number of pyridine rings is 1. The summed E-state index contributed by atoms with van der Waals surface area (Å²) in [5.74, 6) is 0.208. The zero-order valence-electron chi connectivity index (χ0n) is 14.5. The number of aromatic nitrogens is 1. The summed E-state index contributed by atoms with van der Waals surface area (Å²) in [7, 11) is 0. The largest absolute Gasteiger partial charge is 0.508 e. The van der Waals surface area contributed by atoms with Gasteiger partial charge in [0.25, 0.3) is 5.91 Å². The maximum Gasteiger partial charge on any atom is 0.255 e. The quantitative estimate of drug-likeness (QED) is 0.767. The Balaban J connectivity index is 1.66. The predicted molar refractivity (Wildman–Crippen MR) is 100 cm³/mol. The molecule has 1 aliphatic heterocycles. The Hall–Kier alpha value is -2.31. The summed E-state index contributed by atoms with van der Waals surface area (Å²) in [5.41, 5.74) is 8.06. The first-order valence-electron chi connectivity index (χ1n) is 8.59. The minimum Gasteiger partial charge on any atom is -0.508 e. The van der Waals surface area contributed by atoms with E-state index in [1.54, 1.807) is 17.0 Å². The molecule has 1 amide bonds. The first kappa shape index (κ1) is 18.5. The van der Waals surface area contributed by atoms with Crippen LogP contribution in [-0.2, 0) is 0 Å². The number of halogens is 1. The lowest BCUT2D eigenvalue weighted by Gasteiger charge is -2.35. The number of nitrogens with one attached hydrogen (secondary N) is 1. The van der Waals surface area contributed by atoms with Crippen LogP contribution in [0.5, 0.6) is 5.75 Å². The fourth-order valence-electron chi connectivity index (χ4n) is 3.39. The van der Waals surface area contributed by atoms with Gasteiger partial charge in [-0.05, 0) is 49.4 Å². The molecular formula is C19H22ClN3O3. The number of aromatic hydroxyl groups is 1. The van der Waals surface area contributed by atoms with E-state index in [1.165, 1.54) is 18.3 Å². The molecular weight excluding hydrogens is 354 g/mol. The molecule has 138 valence electrons. The van der Waals surface area contributed by atoms with Gasteiger partial charge in [0, 0.05) is 42.0 Å². The van der Waals surface area contributed by atoms with E-state index < -0.39 is 0 Å². The number of nitrogens with two attached hydrogens (primary N) is 1. The number of phenolic OH excluding ortho intramolecular Hbond substituents is 1. The molecule has 0 aliphatic carbocycles. The fourth-order valence-corrected chi connectivity index (χ4v) is 3.56. The molecule has 6 nitrogen and oxygen atoms in total. The van der Waals surface area contributed by atoms with Crippen LogP contribution in [0.3, 0.4) is 0 Å². The summed E-state index contributed by atoms with van der Waals surface area (Å²) < 4.78 is 0. The number of likely N-dealkylation sites (tertiary alicyclic amines) is 1. The van der Waals surface area contributed by atoms with Crippen molar-refractivity contribution in [1.82, 2.24) is 9.88 Å². The van der Waals surface area contributed by atoms with Crippen LogP contribution < -0.4 is 11.3 Å². The summed E-state index contributed by atoms with van der Waals surface area (Å²) in [6.45, 7) is 2.99. The third-order valence-corrected chi connectivity index (χ3v) is 5.44. The van der Waals surface area contributed by atoms with Crippen LogP contribution in [0.25, 0.3) is 0 Å². The van der Waals surface area contributed by atoms with Crippen LogP contribution in [0.1, 0.15) is 40.4 Å². The number of aromatic amines is 1. The van der Waals surface area contributed by atoms with Gasteiger partial charge in [-0.3, -0.25) is 9.59 Å². The Labute approximate surface area is 156 Å². The second-order valence-corrected chi connectivity index (χ2v) is 7.16. The normalized spacial score (nSPS) is 16.5. The smallest absolute Gasteiger partial charge is 0.255 e. The number of aryl methyl sites for hydroxylation is 1. The topological polar surface area (TPSA) is 99.4 Å². The Morgan fingerprint density at radius 2 is 2.04 bits per heavy atom. The summed E-state index contributed by atoms with van der Waals surface area (Å²) in [6, 6.07) is 5.91. The molecule has 0 bridgehead atoms. The fraction of sp³-hybridized carbons (Fsp3) is 0.368. The van der Waals surface area contributed by atoms with E-state index in [0.29, 0.717) is 29.2 Å². The van der Waals surface area contributed by atoms with Crippen molar-refractivity contribution in [3.05, 3.63) is 62.5 Å². The number of carbonyl (C=O) groups excluding carboxylic acids is 1. The van der Waals surface area contributed by atoms with Crippen LogP contribution in [0.2, 0.25) is 5.02 Å². The number of H-pyrrole nitrogens is 1. The van der Waals surface area contributed by atoms with Crippen molar-refractivity contribution in [2.24, 2.45) is 11.7 Å². The summed E-state index contributed by atoms with van der Waals surface area (Å²) >= 11 is 6.17. The maximum absolute atomic E-state index is 12.5. The SMILES string of the molecule is Cc1cc(O)c([C@H](N)C2CCN(C(=O)c3ccc(=O)[nH]c3)CC2)cc1Cl. The highest BCUT2D eigenvalue weighted by atomic mass is 35.5. The molecule has 1 fully saturated rings. The molecule has 0 unspecified atom stereocenters. The minimum absolute atomic E-state index is 0.102. The molecule has 2 heterocycles. The van der Waals surface area contributed by atoms with Gasteiger partial charge in [-0.15, -0.1) is 0 Å². The van der Waals surface area contributed by atoms with Gasteiger partial charge in [0.1, 0.15) is 5.75 Å². The van der Waals surface area contributed by atoms with Crippen molar-refractivity contribution in [3.8, 4) is 5.75 Å². The lowest BCUT2D eigenvalue weighted by Crippen LogP contribution is -2.41. The summed E-state index contributed by atoms with van der Waals surface area (Å²) in [5, 5.41) is 10.8. The number of nitrogens with zero attached hydrogens (tertiary/aromatic N) is 1. The van der Waals surface area contributed by atoms with E-state index in [4.69, 9.17) is 17.3 Å². The van der Waals surface area contributed by atoms with E-state index >= 15 is 0 Å². The van der Waals surface area contributed by atoms with Crippen molar-refractivity contribution < 1.29 is 9.90 Å². The van der Waals surface area contributed by atoms with Crippen LogP contribution >= 0.6 is 11.6 Å². The molecule has 4 N–H and O–H groups in total. The monoisotopic (exact) mass is 375 g/mol. The molecule has 1 aromatic carbocycles. The Morgan fingerprint density at radius 1 is 1.35 bits per heavy atom. The number of hydrogen-bond acceptors (Lipinski definition) is 4. The van der Waals surface area contributed by atoms with Crippen molar-refractivity contribution in [2.45, 2.75) is 25.8 Å². The molecule has 1 aromatic heterocycles. The second kappa shape index (κ2) is 7.51. The van der Waals surface area contributed by atoms with Crippen molar-refractivity contribution in [3.63, 3.8) is 0 Å². The zero-order valence-corrected chi connectivity index (χ0v) is 15.3. The van der Waals surface area contributed by atoms with Crippen molar-refractivity contribution in [2.75, 3.05) is 13.1 Å². The standard InChI is InChI=1S/C19H22ClN3O3/c1-11-8-16(24)14(9-15(11)20)18(21)12-4-6-23(7-5-12)19(26)13-2-3-17(25)22-10-13/h2-3,8-10,12,18,24H,4-7,21H2,1H3,(H,22,25)/t18-/m1/s1.